The van der Waals surface area contributed by atoms with E-state index in [0.29, 0.717) is 6.07 Å². The highest BCUT2D eigenvalue weighted by Crippen LogP contribution is 2.33. The van der Waals surface area contributed by atoms with Gasteiger partial charge in [0.15, 0.2) is 0 Å². The number of alkyl halides is 3. The third-order valence-electron chi connectivity index (χ3n) is 2.97. The average Bonchev–Trinajstić information content (AvgIpc) is 2.42. The van der Waals surface area contributed by atoms with Gasteiger partial charge in [-0.1, -0.05) is 6.07 Å². The van der Waals surface area contributed by atoms with Crippen molar-refractivity contribution < 1.29 is 26.7 Å². The molecule has 0 heterocycles. The van der Waals surface area contributed by atoms with Gasteiger partial charge in [-0.15, -0.1) is 0 Å². The lowest BCUT2D eigenvalue weighted by molar-refractivity contribution is -0.138. The molecule has 116 valence electrons. The topological polar surface area (TPSA) is 29.1 Å². The van der Waals surface area contributed by atoms with E-state index in [4.69, 9.17) is 0 Å². The van der Waals surface area contributed by atoms with Gasteiger partial charge in [0.2, 0.25) is 0 Å². The molecule has 1 N–H and O–H groups in total. The van der Waals surface area contributed by atoms with Crippen molar-refractivity contribution in [3.63, 3.8) is 0 Å². The fraction of sp³-hybridized carbons (Fsp3) is 0.133. The van der Waals surface area contributed by atoms with Gasteiger partial charge in [-0.05, 0) is 42.8 Å². The summed E-state index contributed by atoms with van der Waals surface area (Å²) in [7, 11) is 0. The first kappa shape index (κ1) is 15.9. The van der Waals surface area contributed by atoms with Crippen LogP contribution in [0.2, 0.25) is 0 Å². The summed E-state index contributed by atoms with van der Waals surface area (Å²) in [4.78, 5) is 11.8. The lowest BCUT2D eigenvalue weighted by Gasteiger charge is -2.13. The molecule has 2 nitrogen and oxygen atoms in total. The monoisotopic (exact) mass is 315 g/mol. The van der Waals surface area contributed by atoms with Gasteiger partial charge in [-0.25, -0.2) is 8.78 Å². The van der Waals surface area contributed by atoms with Gasteiger partial charge < -0.3 is 5.32 Å². The van der Waals surface area contributed by atoms with Crippen LogP contribution >= 0.6 is 0 Å². The number of hydrogen-bond acceptors (Lipinski definition) is 1. The zero-order valence-corrected chi connectivity index (χ0v) is 11.3. The summed E-state index contributed by atoms with van der Waals surface area (Å²) < 4.78 is 64.8. The molecule has 0 aliphatic heterocycles. The molecule has 22 heavy (non-hydrogen) atoms. The second kappa shape index (κ2) is 5.75. The van der Waals surface area contributed by atoms with Crippen molar-refractivity contribution in [2.75, 3.05) is 5.32 Å². The van der Waals surface area contributed by atoms with Crippen molar-refractivity contribution in [2.45, 2.75) is 13.1 Å². The number of amides is 1. The number of carbonyl (C=O) groups is 1. The van der Waals surface area contributed by atoms with Gasteiger partial charge in [-0.2, -0.15) is 13.2 Å². The van der Waals surface area contributed by atoms with Crippen molar-refractivity contribution in [1.82, 2.24) is 0 Å². The predicted molar refractivity (Wildman–Crippen MR) is 70.5 cm³/mol. The second-order valence-electron chi connectivity index (χ2n) is 4.61. The Kier molecular flexibility index (Phi) is 4.16. The molecule has 0 saturated heterocycles. The lowest BCUT2D eigenvalue weighted by atomic mass is 10.1. The Morgan fingerprint density at radius 2 is 1.73 bits per heavy atom. The predicted octanol–water partition coefficient (Wildman–Crippen LogP) is 4.54. The molecule has 0 aliphatic carbocycles. The summed E-state index contributed by atoms with van der Waals surface area (Å²) in [6.45, 7) is 1.28. The summed E-state index contributed by atoms with van der Waals surface area (Å²) in [5.74, 6) is -2.83. The first-order chi connectivity index (χ1) is 10.2. The molecule has 0 unspecified atom stereocenters. The zero-order chi connectivity index (χ0) is 16.5. The summed E-state index contributed by atoms with van der Waals surface area (Å²) in [6.07, 6.45) is -4.57. The Morgan fingerprint density at radius 3 is 2.36 bits per heavy atom. The number of nitrogens with one attached hydrogen (secondary N) is 1. The Balaban J connectivity index is 2.31. The van der Waals surface area contributed by atoms with E-state index < -0.39 is 34.8 Å². The highest BCUT2D eigenvalue weighted by atomic mass is 19.4. The van der Waals surface area contributed by atoms with E-state index in [-0.39, 0.29) is 11.3 Å². The maximum absolute atomic E-state index is 13.4. The van der Waals surface area contributed by atoms with Crippen LogP contribution in [0.25, 0.3) is 0 Å². The van der Waals surface area contributed by atoms with Crippen LogP contribution in [0.3, 0.4) is 0 Å². The van der Waals surface area contributed by atoms with Crippen LogP contribution in [0, 0.1) is 18.6 Å². The Morgan fingerprint density at radius 1 is 1.05 bits per heavy atom. The Hall–Kier alpha value is -2.44. The molecule has 0 atom stereocenters. The first-order valence-corrected chi connectivity index (χ1v) is 6.13. The quantitative estimate of drug-likeness (QED) is 0.810. The fourth-order valence-corrected chi connectivity index (χ4v) is 1.88. The number of benzene rings is 2. The van der Waals surface area contributed by atoms with Crippen LogP contribution in [0.1, 0.15) is 21.5 Å². The first-order valence-electron chi connectivity index (χ1n) is 6.13. The molecular formula is C15H10F5NO. The van der Waals surface area contributed by atoms with Gasteiger partial charge in [0, 0.05) is 5.69 Å². The highest BCUT2D eigenvalue weighted by Gasteiger charge is 2.32. The Bertz CT molecular complexity index is 724. The summed E-state index contributed by atoms with van der Waals surface area (Å²) in [5.41, 5.74) is -1.67. The maximum Gasteiger partial charge on any atom is 0.416 e. The minimum atomic E-state index is -4.57. The largest absolute Gasteiger partial charge is 0.416 e. The van der Waals surface area contributed by atoms with Gasteiger partial charge >= 0.3 is 6.18 Å². The van der Waals surface area contributed by atoms with Crippen LogP contribution in [0.4, 0.5) is 27.6 Å². The molecule has 0 fully saturated rings. The van der Waals surface area contributed by atoms with E-state index in [2.05, 4.69) is 5.32 Å². The van der Waals surface area contributed by atoms with Gasteiger partial charge in [0.25, 0.3) is 5.91 Å². The van der Waals surface area contributed by atoms with Crippen LogP contribution < -0.4 is 5.32 Å². The van der Waals surface area contributed by atoms with Crippen molar-refractivity contribution >= 4 is 11.6 Å². The van der Waals surface area contributed by atoms with Gasteiger partial charge in [-0.3, -0.25) is 4.79 Å². The van der Waals surface area contributed by atoms with E-state index >= 15 is 0 Å². The fourth-order valence-electron chi connectivity index (χ4n) is 1.88. The molecule has 0 aliphatic rings. The van der Waals surface area contributed by atoms with Crippen LogP contribution in [0.15, 0.2) is 36.4 Å². The van der Waals surface area contributed by atoms with E-state index in [1.54, 1.807) is 0 Å². The number of carbonyl (C=O) groups excluding carboxylic acids is 1. The smallest absolute Gasteiger partial charge is 0.322 e. The van der Waals surface area contributed by atoms with Crippen LogP contribution in [-0.4, -0.2) is 5.91 Å². The summed E-state index contributed by atoms with van der Waals surface area (Å²) in [5, 5.41) is 2.12. The van der Waals surface area contributed by atoms with Gasteiger partial charge in [0.1, 0.15) is 11.6 Å². The average molecular weight is 315 g/mol. The second-order valence-corrected chi connectivity index (χ2v) is 4.61. The Labute approximate surface area is 122 Å². The van der Waals surface area contributed by atoms with E-state index in [1.165, 1.54) is 19.1 Å². The van der Waals surface area contributed by atoms with Crippen molar-refractivity contribution in [1.29, 1.82) is 0 Å². The molecule has 0 radical (unpaired) electrons. The van der Waals surface area contributed by atoms with Gasteiger partial charge in [0.05, 0.1) is 11.1 Å². The SMILES string of the molecule is Cc1ccc(NC(=O)c2cc(F)ccc2F)cc1C(F)(F)F. The van der Waals surface area contributed by atoms with Crippen molar-refractivity contribution in [3.8, 4) is 0 Å². The number of aryl methyl sites for hydroxylation is 1. The minimum Gasteiger partial charge on any atom is -0.322 e. The molecule has 0 saturated carbocycles. The van der Waals surface area contributed by atoms with E-state index in [9.17, 15) is 26.7 Å². The molecule has 0 spiro atoms. The maximum atomic E-state index is 13.4. The zero-order valence-electron chi connectivity index (χ0n) is 11.3. The molecule has 2 aromatic rings. The normalized spacial score (nSPS) is 11.4. The third kappa shape index (κ3) is 3.41. The number of rotatable bonds is 2. The standard InChI is InChI=1S/C15H10F5NO/c1-8-2-4-10(7-12(8)15(18,19)20)21-14(22)11-6-9(16)3-5-13(11)17/h2-7H,1H3,(H,21,22). The van der Waals surface area contributed by atoms with Crippen molar-refractivity contribution in [2.24, 2.45) is 0 Å². The minimum absolute atomic E-state index is 0.0116. The molecule has 7 heteroatoms. The molecule has 1 amide bonds. The third-order valence-corrected chi connectivity index (χ3v) is 2.97. The summed E-state index contributed by atoms with van der Waals surface area (Å²) >= 11 is 0. The number of halogens is 5. The van der Waals surface area contributed by atoms with Crippen LogP contribution in [0.5, 0.6) is 0 Å². The number of anilines is 1. The molecule has 0 bridgehead atoms. The lowest BCUT2D eigenvalue weighted by Crippen LogP contribution is -2.15. The molecule has 2 rings (SSSR count). The van der Waals surface area contributed by atoms with E-state index in [0.717, 1.165) is 18.2 Å². The molecule has 2 aromatic carbocycles. The highest BCUT2D eigenvalue weighted by molar-refractivity contribution is 6.04. The molecular weight excluding hydrogens is 305 g/mol. The van der Waals surface area contributed by atoms with Crippen LogP contribution in [-0.2, 0) is 6.18 Å². The van der Waals surface area contributed by atoms with E-state index in [1.807, 2.05) is 0 Å². The number of hydrogen-bond donors (Lipinski definition) is 1. The van der Waals surface area contributed by atoms with Crippen molar-refractivity contribution in [3.05, 3.63) is 64.7 Å². The summed E-state index contributed by atoms with van der Waals surface area (Å²) in [6, 6.07) is 5.44. The molecule has 0 aromatic heterocycles.